The molecule has 0 aromatic rings. The van der Waals surface area contributed by atoms with Gasteiger partial charge in [-0.15, -0.1) is 0 Å². The molecule has 0 radical (unpaired) electrons. The number of unbranched alkanes of at least 4 members (excludes halogenated alkanes) is 12. The molecule has 0 aliphatic heterocycles. The third kappa shape index (κ3) is 30.0. The highest BCUT2D eigenvalue weighted by atomic mass is 31.2. The van der Waals surface area contributed by atoms with Crippen molar-refractivity contribution in [3.63, 3.8) is 0 Å². The van der Waals surface area contributed by atoms with E-state index in [1.54, 1.807) is 0 Å². The number of phosphoric acid groups is 1. The van der Waals surface area contributed by atoms with Crippen molar-refractivity contribution in [3.8, 4) is 0 Å². The molecule has 0 fully saturated rings. The maximum Gasteiger partial charge on any atom is 0.306 e. The average Bonchev–Trinajstić information content (AvgIpc) is 2.90. The summed E-state index contributed by atoms with van der Waals surface area (Å²) < 4.78 is 32.5. The third-order valence-electron chi connectivity index (χ3n) is 6.53. The Balaban J connectivity index is 3.93. The molecule has 246 valence electrons. The standard InChI is InChI=1S/C32H60NO8P/c1-6-7-8-9-10-11-12-13-14-15-16-17-18-19-20-21-22-23-24-25-32(35)41-31(28-38-30(2)34)29-40-42(36,37)39-27-26-33(3,4)5/h10-11,13-14,31H,6-9,12,15-29H2,1-5H3/b11-10-,14-13-. The second-order valence-electron chi connectivity index (χ2n) is 11.9. The molecule has 0 amide bonds. The normalized spacial score (nSPS) is 14.3. The number of esters is 2. The quantitative estimate of drug-likeness (QED) is 0.0302. The number of rotatable bonds is 28. The number of likely N-dealkylation sites (N-methyl/N-ethyl adjacent to an activating group) is 1. The Kier molecular flexibility index (Phi) is 25.0. The highest BCUT2D eigenvalue weighted by Crippen LogP contribution is 2.38. The zero-order valence-corrected chi connectivity index (χ0v) is 28.1. The van der Waals surface area contributed by atoms with Crippen molar-refractivity contribution in [1.82, 2.24) is 0 Å². The van der Waals surface area contributed by atoms with E-state index in [0.717, 1.165) is 32.1 Å². The molecule has 0 N–H and O–H groups in total. The second-order valence-corrected chi connectivity index (χ2v) is 13.3. The van der Waals surface area contributed by atoms with Gasteiger partial charge >= 0.3 is 11.9 Å². The van der Waals surface area contributed by atoms with Crippen molar-refractivity contribution in [2.45, 2.75) is 123 Å². The molecular weight excluding hydrogens is 557 g/mol. The Bertz CT molecular complexity index is 794. The van der Waals surface area contributed by atoms with Crippen molar-refractivity contribution in [2.24, 2.45) is 0 Å². The molecule has 42 heavy (non-hydrogen) atoms. The molecule has 0 saturated carbocycles. The van der Waals surface area contributed by atoms with Gasteiger partial charge in [0, 0.05) is 13.3 Å². The van der Waals surface area contributed by atoms with Crippen molar-refractivity contribution in [2.75, 3.05) is 47.5 Å². The molecule has 0 aliphatic carbocycles. The predicted octanol–water partition coefficient (Wildman–Crippen LogP) is 7.04. The van der Waals surface area contributed by atoms with Crippen LogP contribution in [0.3, 0.4) is 0 Å². The van der Waals surface area contributed by atoms with Gasteiger partial charge < -0.3 is 27.9 Å². The first-order chi connectivity index (χ1) is 19.9. The van der Waals surface area contributed by atoms with Crippen LogP contribution >= 0.6 is 7.82 Å². The number of carbonyl (C=O) groups excluding carboxylic acids is 2. The lowest BCUT2D eigenvalue weighted by Gasteiger charge is -2.28. The molecular formula is C32H60NO8P. The van der Waals surface area contributed by atoms with E-state index in [0.29, 0.717) is 17.4 Å². The second kappa shape index (κ2) is 25.9. The number of allylic oxidation sites excluding steroid dienone is 4. The Morgan fingerprint density at radius 3 is 1.88 bits per heavy atom. The van der Waals surface area contributed by atoms with E-state index >= 15 is 0 Å². The lowest BCUT2D eigenvalue weighted by atomic mass is 10.1. The summed E-state index contributed by atoms with van der Waals surface area (Å²) in [5.41, 5.74) is 0. The lowest BCUT2D eigenvalue weighted by molar-refractivity contribution is -0.870. The summed E-state index contributed by atoms with van der Waals surface area (Å²) in [5.74, 6) is -1.03. The first kappa shape index (κ1) is 40.5. The fourth-order valence-corrected chi connectivity index (χ4v) is 4.73. The van der Waals surface area contributed by atoms with Gasteiger partial charge in [0.05, 0.1) is 27.7 Å². The zero-order chi connectivity index (χ0) is 31.5. The van der Waals surface area contributed by atoms with Crippen LogP contribution in [-0.2, 0) is 32.7 Å². The summed E-state index contributed by atoms with van der Waals surface area (Å²) in [7, 11) is 1.15. The number of hydrogen-bond acceptors (Lipinski definition) is 8. The highest BCUT2D eigenvalue weighted by molar-refractivity contribution is 7.45. The predicted molar refractivity (Wildman–Crippen MR) is 167 cm³/mol. The highest BCUT2D eigenvalue weighted by Gasteiger charge is 2.21. The van der Waals surface area contributed by atoms with Gasteiger partial charge in [-0.25, -0.2) is 0 Å². The SMILES string of the molecule is CCCCC/C=C\C/C=C\CCCCCCCCCCCC(=O)OC(COC(C)=O)COP(=O)([O-])OCC[N+](C)(C)C. The van der Waals surface area contributed by atoms with Gasteiger partial charge in [-0.2, -0.15) is 0 Å². The van der Waals surface area contributed by atoms with Crippen molar-refractivity contribution in [3.05, 3.63) is 24.3 Å². The number of phosphoric ester groups is 1. The molecule has 0 bridgehead atoms. The molecule has 0 heterocycles. The molecule has 2 unspecified atom stereocenters. The average molecular weight is 618 g/mol. The maximum absolute atomic E-state index is 12.3. The largest absolute Gasteiger partial charge is 0.756 e. The van der Waals surface area contributed by atoms with Crippen LogP contribution in [0.5, 0.6) is 0 Å². The molecule has 0 aromatic carbocycles. The summed E-state index contributed by atoms with van der Waals surface area (Å²) in [6.45, 7) is 3.13. The Morgan fingerprint density at radius 1 is 0.786 bits per heavy atom. The van der Waals surface area contributed by atoms with Crippen LogP contribution in [-0.4, -0.2) is 70.0 Å². The van der Waals surface area contributed by atoms with Gasteiger partial charge in [0.15, 0.2) is 6.10 Å². The van der Waals surface area contributed by atoms with E-state index in [1.165, 1.54) is 64.7 Å². The third-order valence-corrected chi connectivity index (χ3v) is 7.50. The molecule has 0 aliphatic rings. The summed E-state index contributed by atoms with van der Waals surface area (Å²) in [6, 6.07) is 0. The minimum Gasteiger partial charge on any atom is -0.756 e. The van der Waals surface area contributed by atoms with E-state index in [4.69, 9.17) is 18.5 Å². The van der Waals surface area contributed by atoms with Crippen LogP contribution in [0.15, 0.2) is 24.3 Å². The van der Waals surface area contributed by atoms with Gasteiger partial charge in [-0.3, -0.25) is 14.2 Å². The molecule has 9 nitrogen and oxygen atoms in total. The Hall–Kier alpha value is -1.51. The first-order valence-electron chi connectivity index (χ1n) is 16.0. The van der Waals surface area contributed by atoms with E-state index < -0.39 is 32.5 Å². The van der Waals surface area contributed by atoms with Crippen LogP contribution in [0.4, 0.5) is 0 Å². The number of hydrogen-bond donors (Lipinski definition) is 0. The minimum absolute atomic E-state index is 0.0339. The molecule has 10 heteroatoms. The summed E-state index contributed by atoms with van der Waals surface area (Å²) in [5, 5.41) is 0. The number of quaternary nitrogens is 1. The summed E-state index contributed by atoms with van der Waals surface area (Å²) in [6.07, 6.45) is 25.7. The maximum atomic E-state index is 12.3. The van der Waals surface area contributed by atoms with Crippen molar-refractivity contribution in [1.29, 1.82) is 0 Å². The topological polar surface area (TPSA) is 111 Å². The van der Waals surface area contributed by atoms with Gasteiger partial charge in [-0.05, 0) is 38.5 Å². The summed E-state index contributed by atoms with van der Waals surface area (Å²) >= 11 is 0. The van der Waals surface area contributed by atoms with E-state index in [2.05, 4.69) is 31.2 Å². The number of carbonyl (C=O) groups is 2. The van der Waals surface area contributed by atoms with Crippen molar-refractivity contribution < 1.29 is 42.1 Å². The molecule has 0 saturated heterocycles. The smallest absolute Gasteiger partial charge is 0.306 e. The molecule has 0 spiro atoms. The van der Waals surface area contributed by atoms with E-state index in [1.807, 2.05) is 21.1 Å². The fourth-order valence-electron chi connectivity index (χ4n) is 4.00. The van der Waals surface area contributed by atoms with Gasteiger partial charge in [0.25, 0.3) is 7.82 Å². The fraction of sp³-hybridized carbons (Fsp3) is 0.812. The van der Waals surface area contributed by atoms with Gasteiger partial charge in [-0.1, -0.05) is 89.0 Å². The first-order valence-corrected chi connectivity index (χ1v) is 17.4. The van der Waals surface area contributed by atoms with Crippen LogP contribution in [0.25, 0.3) is 0 Å². The van der Waals surface area contributed by atoms with Crippen LogP contribution in [0, 0.1) is 0 Å². The number of nitrogens with zero attached hydrogens (tertiary/aromatic N) is 1. The Labute approximate surface area is 256 Å². The van der Waals surface area contributed by atoms with E-state index in [-0.39, 0.29) is 19.6 Å². The van der Waals surface area contributed by atoms with Gasteiger partial charge in [0.2, 0.25) is 0 Å². The molecule has 0 rings (SSSR count). The number of ether oxygens (including phenoxy) is 2. The van der Waals surface area contributed by atoms with Crippen LogP contribution in [0.2, 0.25) is 0 Å². The minimum atomic E-state index is -4.58. The molecule has 2 atom stereocenters. The van der Waals surface area contributed by atoms with Crippen molar-refractivity contribution >= 4 is 19.8 Å². The van der Waals surface area contributed by atoms with Gasteiger partial charge in [0.1, 0.15) is 19.8 Å². The zero-order valence-electron chi connectivity index (χ0n) is 27.2. The molecule has 0 aromatic heterocycles. The summed E-state index contributed by atoms with van der Waals surface area (Å²) in [4.78, 5) is 35.5. The van der Waals surface area contributed by atoms with Crippen LogP contribution in [0.1, 0.15) is 117 Å². The van der Waals surface area contributed by atoms with E-state index in [9.17, 15) is 19.0 Å². The van der Waals surface area contributed by atoms with Crippen LogP contribution < -0.4 is 4.89 Å². The monoisotopic (exact) mass is 617 g/mol. The lowest BCUT2D eigenvalue weighted by Crippen LogP contribution is -2.37. The Morgan fingerprint density at radius 2 is 1.33 bits per heavy atom.